The Bertz CT molecular complexity index is 735. The van der Waals surface area contributed by atoms with Gasteiger partial charge in [0.15, 0.2) is 0 Å². The zero-order chi connectivity index (χ0) is 18.6. The smallest absolute Gasteiger partial charge is 0.0385 e. The first-order chi connectivity index (χ1) is 13.2. The van der Waals surface area contributed by atoms with E-state index in [1.807, 2.05) is 12.1 Å². The summed E-state index contributed by atoms with van der Waals surface area (Å²) in [7, 11) is 0. The predicted octanol–water partition coefficient (Wildman–Crippen LogP) is 6.30. The van der Waals surface area contributed by atoms with Crippen LogP contribution in [0.5, 0.6) is 0 Å². The average Bonchev–Trinajstić information content (AvgIpc) is 2.72. The fourth-order valence-electron chi connectivity index (χ4n) is 5.51. The molecule has 2 saturated carbocycles. The summed E-state index contributed by atoms with van der Waals surface area (Å²) < 4.78 is 0. The van der Waals surface area contributed by atoms with E-state index in [4.69, 9.17) is 11.5 Å². The van der Waals surface area contributed by atoms with Crippen LogP contribution in [0, 0.1) is 11.8 Å². The highest BCUT2D eigenvalue weighted by atomic mass is 14.6. The quantitative estimate of drug-likeness (QED) is 0.627. The van der Waals surface area contributed by atoms with Gasteiger partial charge < -0.3 is 11.5 Å². The van der Waals surface area contributed by atoms with Gasteiger partial charge in [-0.25, -0.2) is 0 Å². The minimum atomic E-state index is 0.649. The van der Waals surface area contributed by atoms with E-state index in [2.05, 4.69) is 30.3 Å². The number of rotatable bonds is 4. The molecule has 144 valence electrons. The van der Waals surface area contributed by atoms with Crippen molar-refractivity contribution < 1.29 is 0 Å². The monoisotopic (exact) mass is 362 g/mol. The Hall–Kier alpha value is -1.96. The van der Waals surface area contributed by atoms with Crippen LogP contribution < -0.4 is 11.5 Å². The van der Waals surface area contributed by atoms with E-state index in [0.29, 0.717) is 5.92 Å². The van der Waals surface area contributed by atoms with Gasteiger partial charge in [-0.05, 0) is 78.7 Å². The molecular formula is C25H34N2. The van der Waals surface area contributed by atoms with Crippen molar-refractivity contribution in [3.63, 3.8) is 0 Å². The highest BCUT2D eigenvalue weighted by molar-refractivity contribution is 5.57. The fourth-order valence-corrected chi connectivity index (χ4v) is 5.51. The van der Waals surface area contributed by atoms with E-state index in [9.17, 15) is 0 Å². The molecule has 0 aromatic heterocycles. The molecule has 2 aromatic carbocycles. The molecule has 2 aromatic rings. The highest BCUT2D eigenvalue weighted by Crippen LogP contribution is 2.44. The normalized spacial score (nSPS) is 24.0. The summed E-state index contributed by atoms with van der Waals surface area (Å²) in [6.45, 7) is 0. The van der Waals surface area contributed by atoms with Crippen LogP contribution in [-0.2, 0) is 6.42 Å². The van der Waals surface area contributed by atoms with Crippen molar-refractivity contribution >= 4 is 11.4 Å². The molecule has 2 aliphatic carbocycles. The van der Waals surface area contributed by atoms with E-state index in [0.717, 1.165) is 29.6 Å². The second kappa shape index (κ2) is 8.37. The van der Waals surface area contributed by atoms with Gasteiger partial charge in [-0.2, -0.15) is 0 Å². The molecule has 0 amide bonds. The molecule has 2 nitrogen and oxygen atoms in total. The molecule has 2 fully saturated rings. The van der Waals surface area contributed by atoms with Crippen LogP contribution in [0.4, 0.5) is 11.4 Å². The predicted molar refractivity (Wildman–Crippen MR) is 116 cm³/mol. The zero-order valence-electron chi connectivity index (χ0n) is 16.5. The summed E-state index contributed by atoms with van der Waals surface area (Å²) in [5, 5.41) is 0. The van der Waals surface area contributed by atoms with Gasteiger partial charge in [0.1, 0.15) is 0 Å². The van der Waals surface area contributed by atoms with Gasteiger partial charge in [-0.3, -0.25) is 0 Å². The molecule has 0 heterocycles. The number of benzene rings is 2. The van der Waals surface area contributed by atoms with Crippen molar-refractivity contribution in [3.8, 4) is 0 Å². The van der Waals surface area contributed by atoms with Crippen LogP contribution in [0.15, 0.2) is 42.5 Å². The van der Waals surface area contributed by atoms with Crippen molar-refractivity contribution in [2.24, 2.45) is 11.8 Å². The zero-order valence-corrected chi connectivity index (χ0v) is 16.5. The van der Waals surface area contributed by atoms with Crippen LogP contribution in [0.2, 0.25) is 0 Å². The summed E-state index contributed by atoms with van der Waals surface area (Å²) in [5.74, 6) is 2.63. The minimum absolute atomic E-state index is 0.649. The van der Waals surface area contributed by atoms with Crippen molar-refractivity contribution in [1.82, 2.24) is 0 Å². The lowest BCUT2D eigenvalue weighted by molar-refractivity contribution is 0.186. The Balaban J connectivity index is 1.42. The number of hydrogen-bond acceptors (Lipinski definition) is 2. The van der Waals surface area contributed by atoms with Crippen LogP contribution in [-0.4, -0.2) is 0 Å². The van der Waals surface area contributed by atoms with E-state index < -0.39 is 0 Å². The van der Waals surface area contributed by atoms with Crippen LogP contribution in [0.3, 0.4) is 0 Å². The first-order valence-electron chi connectivity index (χ1n) is 10.9. The lowest BCUT2D eigenvalue weighted by Gasteiger charge is -2.36. The van der Waals surface area contributed by atoms with Crippen molar-refractivity contribution in [1.29, 1.82) is 0 Å². The van der Waals surface area contributed by atoms with E-state index in [1.54, 1.807) is 0 Å². The SMILES string of the molecule is Nc1ccc(Cc2cccc(C3CCC(C4CCCCC4)CC3)c2N)cc1. The molecule has 27 heavy (non-hydrogen) atoms. The third kappa shape index (κ3) is 4.31. The van der Waals surface area contributed by atoms with Gasteiger partial charge in [0.2, 0.25) is 0 Å². The minimum Gasteiger partial charge on any atom is -0.399 e. The lowest BCUT2D eigenvalue weighted by atomic mass is 9.69. The molecule has 0 unspecified atom stereocenters. The second-order valence-corrected chi connectivity index (χ2v) is 8.85. The Kier molecular flexibility index (Phi) is 5.71. The number of nitrogens with two attached hydrogens (primary N) is 2. The number of nitrogen functional groups attached to an aromatic ring is 2. The first kappa shape index (κ1) is 18.4. The summed E-state index contributed by atoms with van der Waals surface area (Å²) in [5.41, 5.74) is 18.2. The Labute approximate surface area is 164 Å². The summed E-state index contributed by atoms with van der Waals surface area (Å²) in [6.07, 6.45) is 13.7. The van der Waals surface area contributed by atoms with Gasteiger partial charge in [0.05, 0.1) is 0 Å². The molecule has 0 spiro atoms. The summed E-state index contributed by atoms with van der Waals surface area (Å²) >= 11 is 0. The molecule has 0 radical (unpaired) electrons. The van der Waals surface area contributed by atoms with Gasteiger partial charge in [0.25, 0.3) is 0 Å². The first-order valence-corrected chi connectivity index (χ1v) is 10.9. The topological polar surface area (TPSA) is 52.0 Å². The van der Waals surface area contributed by atoms with Gasteiger partial charge in [-0.1, -0.05) is 62.4 Å². The Morgan fingerprint density at radius 3 is 2.07 bits per heavy atom. The van der Waals surface area contributed by atoms with Crippen molar-refractivity contribution in [3.05, 3.63) is 59.2 Å². The molecule has 2 heteroatoms. The molecule has 4 rings (SSSR count). The standard InChI is InChI=1S/C25H34N2/c26-23-15-9-18(10-16-23)17-22-7-4-8-24(25(22)27)21-13-11-20(12-14-21)19-5-2-1-3-6-19/h4,7-10,15-16,19-21H,1-3,5-6,11-14,17,26-27H2. The van der Waals surface area contributed by atoms with Gasteiger partial charge in [0, 0.05) is 11.4 Å². The molecule has 2 aliphatic rings. The van der Waals surface area contributed by atoms with Crippen LogP contribution in [0.1, 0.15) is 80.4 Å². The fraction of sp³-hybridized carbons (Fsp3) is 0.520. The lowest BCUT2D eigenvalue weighted by Crippen LogP contribution is -2.23. The third-order valence-electron chi connectivity index (χ3n) is 7.13. The van der Waals surface area contributed by atoms with E-state index in [-0.39, 0.29) is 0 Å². The van der Waals surface area contributed by atoms with Crippen molar-refractivity contribution in [2.45, 2.75) is 70.1 Å². The molecular weight excluding hydrogens is 328 g/mol. The molecule has 0 atom stereocenters. The molecule has 0 bridgehead atoms. The number of para-hydroxylation sites is 1. The third-order valence-corrected chi connectivity index (χ3v) is 7.13. The van der Waals surface area contributed by atoms with Crippen LogP contribution in [0.25, 0.3) is 0 Å². The molecule has 0 saturated heterocycles. The largest absolute Gasteiger partial charge is 0.399 e. The summed E-state index contributed by atoms with van der Waals surface area (Å²) in [6, 6.07) is 14.8. The summed E-state index contributed by atoms with van der Waals surface area (Å²) in [4.78, 5) is 0. The van der Waals surface area contributed by atoms with Gasteiger partial charge in [-0.15, -0.1) is 0 Å². The maximum absolute atomic E-state index is 6.64. The second-order valence-electron chi connectivity index (χ2n) is 8.85. The van der Waals surface area contributed by atoms with Crippen molar-refractivity contribution in [2.75, 3.05) is 11.5 Å². The average molecular weight is 363 g/mol. The molecule has 4 N–H and O–H groups in total. The number of hydrogen-bond donors (Lipinski definition) is 2. The van der Waals surface area contributed by atoms with E-state index >= 15 is 0 Å². The Morgan fingerprint density at radius 2 is 1.37 bits per heavy atom. The highest BCUT2D eigenvalue weighted by Gasteiger charge is 2.29. The molecule has 0 aliphatic heterocycles. The van der Waals surface area contributed by atoms with Crippen LogP contribution >= 0.6 is 0 Å². The maximum atomic E-state index is 6.64. The number of anilines is 2. The Morgan fingerprint density at radius 1 is 0.704 bits per heavy atom. The van der Waals surface area contributed by atoms with Gasteiger partial charge >= 0.3 is 0 Å². The van der Waals surface area contributed by atoms with E-state index in [1.165, 1.54) is 74.5 Å². The maximum Gasteiger partial charge on any atom is 0.0385 e.